The summed E-state index contributed by atoms with van der Waals surface area (Å²) < 4.78 is 110. The second-order valence-corrected chi connectivity index (χ2v) is 38.8. The van der Waals surface area contributed by atoms with Gasteiger partial charge in [0.1, 0.15) is 61.6 Å². The van der Waals surface area contributed by atoms with Gasteiger partial charge in [-0.3, -0.25) is 44.1 Å². The molecular weight excluding hydrogens is 1350 g/mol. The first-order chi connectivity index (χ1) is 44.9. The average Bonchev–Trinajstić information content (AvgIpc) is 1.69. The van der Waals surface area contributed by atoms with Gasteiger partial charge in [-0.05, 0) is 194 Å². The molecule has 5 aromatic rings. The molecule has 12 rings (SSSR count). The second-order valence-electron chi connectivity index (χ2n) is 29.0. The molecule has 0 radical (unpaired) electrons. The highest BCUT2D eigenvalue weighted by atomic mass is 35.5. The van der Waals surface area contributed by atoms with Crippen molar-refractivity contribution >= 4 is 98.8 Å². The molecule has 97 heavy (non-hydrogen) atoms. The predicted octanol–water partition coefficient (Wildman–Crippen LogP) is 13.2. The van der Waals surface area contributed by atoms with E-state index in [9.17, 15) is 31.8 Å². The van der Waals surface area contributed by atoms with E-state index in [1.54, 1.807) is 137 Å². The molecule has 7 aliphatic heterocycles. The number of nitrogens with zero attached hydrogens (tertiary/aromatic N) is 8. The van der Waals surface area contributed by atoms with Gasteiger partial charge in [-0.1, -0.05) is 35.3 Å². The Balaban J connectivity index is 0.000000160. The smallest absolute Gasteiger partial charge is 0.313 e. The number of nitrogens with two attached hydrogens (primary N) is 1. The number of amidine groups is 1. The maximum absolute atomic E-state index is 15.5. The molecule has 9 heterocycles. The zero-order valence-electron chi connectivity index (χ0n) is 56.9. The number of aromatic nitrogens is 2. The minimum atomic E-state index is -2.94. The van der Waals surface area contributed by atoms with Crippen LogP contribution in [0.2, 0.25) is 10.0 Å². The van der Waals surface area contributed by atoms with Crippen molar-refractivity contribution in [3.8, 4) is 0 Å². The lowest BCUT2D eigenvalue weighted by atomic mass is 9.84. The summed E-state index contributed by atoms with van der Waals surface area (Å²) in [5.74, 6) is -2.64. The maximum atomic E-state index is 15.5. The number of cyclic esters (lactones) is 1. The van der Waals surface area contributed by atoms with E-state index in [-0.39, 0.29) is 65.6 Å². The quantitative estimate of drug-likeness (QED) is 0.0973. The number of halogens is 5. The Morgan fingerprint density at radius 3 is 1.46 bits per heavy atom. The van der Waals surface area contributed by atoms with Gasteiger partial charge in [-0.15, -0.1) is 0 Å². The predicted molar refractivity (Wildman–Crippen MR) is 375 cm³/mol. The van der Waals surface area contributed by atoms with Gasteiger partial charge in [0, 0.05) is 78.7 Å². The fourth-order valence-corrected chi connectivity index (χ4v) is 24.2. The molecule has 3 aromatic carbocycles. The van der Waals surface area contributed by atoms with Crippen LogP contribution in [0.4, 0.5) is 18.9 Å². The third-order valence-corrected chi connectivity index (χ3v) is 31.2. The summed E-state index contributed by atoms with van der Waals surface area (Å²) in [5, 5.41) is 2.55. The Labute approximate surface area is 576 Å². The van der Waals surface area contributed by atoms with E-state index >= 15 is 13.2 Å². The standard InChI is InChI=1S/C28H33ClFN3O4S.C22H24ClFN4O2S.C20H26FN3O3S/c1-26(2,3)37-25(35)15-23-27(4,5)38(36)24(11-12-32-38)28(6,33-23)19-13-17(7-9-20(19)30)14-22(34)21-10-8-18(29)16-31-21;1-21(2)20(25)28-22(3,19-8-9-27-31(19,21)30)15-10-13(4-6-16(15)24)11-18(29)17-7-5-14(23)12-26-17;1-18(2)15-11-17(25)27-19(3,4)23-12-6-7-14(21)13(10-12)20(5,24-15)16-8-9-22-28(16,18)26/h7-10,13,16,24H,11-12,14-15H2,1-6H3;4-7,10,12,19H,8-9,11H2,1-3H3,(H2,25,28);6-7,10,16,23H,8-9,11H2,1-5H3/t24-,28+,38+;19-,22+,31+;16-,20+,28+/m000/s1. The lowest BCUT2D eigenvalue weighted by Gasteiger charge is -2.46. The number of carbonyl (C=O) groups is 4. The SMILES string of the molecule is CC(C)(C)OC(=O)CC1=N[C@](C)(c2cc(CC(=O)c3ccc(Cl)cn3)ccc2F)[C@@H]2CCN=[S@]2(=O)C1(C)C.CC1(C)C(N)=N[C@](C)(c2cc(CC(=O)c3ccc(Cl)cn3)ccc2F)[C@@H]2CCN=[S@@]21=O.CC1(C)Nc2ccc(F)c(c2)[C@@]2(C)N=C(CC(=O)O1)C(C)(C)[S@@]1(=O)=NCC[C@@H]21. The van der Waals surface area contributed by atoms with Crippen molar-refractivity contribution in [1.29, 1.82) is 0 Å². The third kappa shape index (κ3) is 13.2. The summed E-state index contributed by atoms with van der Waals surface area (Å²) >= 11 is 11.7. The highest BCUT2D eigenvalue weighted by Gasteiger charge is 2.60. The number of pyridine rings is 2. The largest absolute Gasteiger partial charge is 0.460 e. The van der Waals surface area contributed by atoms with Crippen molar-refractivity contribution in [2.75, 3.05) is 25.0 Å². The maximum Gasteiger partial charge on any atom is 0.313 e. The number of benzene rings is 3. The van der Waals surface area contributed by atoms with Gasteiger partial charge in [0.15, 0.2) is 17.3 Å². The topological polar surface area (TPSA) is 276 Å². The van der Waals surface area contributed by atoms with E-state index in [0.29, 0.717) is 82.7 Å². The van der Waals surface area contributed by atoms with E-state index in [0.717, 1.165) is 0 Å². The van der Waals surface area contributed by atoms with Crippen LogP contribution in [0.1, 0.15) is 178 Å². The molecule has 19 nitrogen and oxygen atoms in total. The van der Waals surface area contributed by atoms with Gasteiger partial charge in [0.05, 0.1) is 77.3 Å². The van der Waals surface area contributed by atoms with E-state index in [2.05, 4.69) is 33.4 Å². The van der Waals surface area contributed by atoms with Crippen LogP contribution in [-0.4, -0.2) is 124 Å². The number of anilines is 1. The fraction of sp³-hybridized carbons (Fsp3) is 0.500. The van der Waals surface area contributed by atoms with Crippen LogP contribution in [0.25, 0.3) is 0 Å². The number of ether oxygens (including phenoxy) is 2. The van der Waals surface area contributed by atoms with Crippen LogP contribution in [0, 0.1) is 17.5 Å². The Morgan fingerprint density at radius 2 is 1.01 bits per heavy atom. The molecule has 4 bridgehead atoms. The molecule has 9 atom stereocenters. The molecule has 520 valence electrons. The van der Waals surface area contributed by atoms with Crippen molar-refractivity contribution in [2.45, 2.75) is 200 Å². The normalized spacial score (nSPS) is 29.8. The van der Waals surface area contributed by atoms with E-state index in [1.165, 1.54) is 30.6 Å². The summed E-state index contributed by atoms with van der Waals surface area (Å²) in [7, 11) is -8.47. The van der Waals surface area contributed by atoms with Gasteiger partial charge >= 0.3 is 11.9 Å². The van der Waals surface area contributed by atoms with E-state index in [1.807, 2.05) is 20.8 Å². The highest BCUT2D eigenvalue weighted by molar-refractivity contribution is 7.97. The number of hydrogen-bond donors (Lipinski definition) is 2. The zero-order valence-corrected chi connectivity index (χ0v) is 60.9. The van der Waals surface area contributed by atoms with Gasteiger partial charge in [-0.25, -0.2) is 38.9 Å². The number of nitrogens with one attached hydrogen (secondary N) is 1. The second kappa shape index (κ2) is 25.7. The van der Waals surface area contributed by atoms with Gasteiger partial charge < -0.3 is 20.5 Å². The molecule has 0 saturated heterocycles. The Morgan fingerprint density at radius 1 is 0.588 bits per heavy atom. The van der Waals surface area contributed by atoms with Crippen molar-refractivity contribution in [3.63, 3.8) is 0 Å². The monoisotopic (exact) mass is 1430 g/mol. The summed E-state index contributed by atoms with van der Waals surface area (Å²) in [6, 6.07) is 19.9. The molecule has 0 fully saturated rings. The third-order valence-electron chi connectivity index (χ3n) is 19.6. The van der Waals surface area contributed by atoms with Crippen LogP contribution in [-0.2, 0) is 77.7 Å². The molecule has 0 saturated carbocycles. The first-order valence-corrected chi connectivity index (χ1v) is 37.5. The highest BCUT2D eigenvalue weighted by Crippen LogP contribution is 2.52. The number of ketones is 2. The molecule has 0 amide bonds. The average molecular weight is 1430 g/mol. The summed E-state index contributed by atoms with van der Waals surface area (Å²) in [4.78, 5) is 73.6. The molecule has 0 unspecified atom stereocenters. The van der Waals surface area contributed by atoms with Crippen LogP contribution >= 0.6 is 23.2 Å². The first-order valence-electron chi connectivity index (χ1n) is 32.0. The number of aliphatic imine (C=N–C) groups is 3. The van der Waals surface area contributed by atoms with Crippen LogP contribution < -0.4 is 11.1 Å². The molecular formula is C70H83Cl2F3N10O9S3. The van der Waals surface area contributed by atoms with Crippen molar-refractivity contribution in [2.24, 2.45) is 33.8 Å². The Bertz CT molecular complexity index is 4590. The van der Waals surface area contributed by atoms with E-state index in [4.69, 9.17) is 48.4 Å². The van der Waals surface area contributed by atoms with Crippen molar-refractivity contribution in [1.82, 2.24) is 9.97 Å². The van der Waals surface area contributed by atoms with Crippen LogP contribution in [0.15, 0.2) is 119 Å². The molecule has 2 aromatic heterocycles. The molecule has 27 heteroatoms. The van der Waals surface area contributed by atoms with Crippen LogP contribution in [0.3, 0.4) is 0 Å². The number of carbonyl (C=O) groups excluding carboxylic acids is 4. The van der Waals surface area contributed by atoms with Crippen molar-refractivity contribution < 1.29 is 54.4 Å². The van der Waals surface area contributed by atoms with E-state index < -0.39 is 117 Å². The van der Waals surface area contributed by atoms with Crippen molar-refractivity contribution in [3.05, 3.63) is 158 Å². The lowest BCUT2D eigenvalue weighted by molar-refractivity contribution is -0.154. The number of esters is 2. The number of hydrogen-bond acceptors (Lipinski definition) is 19. The minimum absolute atomic E-state index is 0.0115. The summed E-state index contributed by atoms with van der Waals surface area (Å²) in [5.41, 5.74) is 5.08. The van der Waals surface area contributed by atoms with Crippen LogP contribution in [0.5, 0.6) is 0 Å². The molecule has 0 aliphatic carbocycles. The number of Topliss-reactive ketones (excluding diaryl/α,β-unsaturated/α-hetero) is 2. The Kier molecular flexibility index (Phi) is 19.3. The Hall–Kier alpha value is -6.93. The van der Waals surface area contributed by atoms with Gasteiger partial charge in [-0.2, -0.15) is 0 Å². The summed E-state index contributed by atoms with van der Waals surface area (Å²) in [6.07, 6.45) is 4.13. The molecule has 0 spiro atoms. The lowest BCUT2D eigenvalue weighted by Crippen LogP contribution is -2.58. The minimum Gasteiger partial charge on any atom is -0.460 e. The zero-order chi connectivity index (χ0) is 71.2. The summed E-state index contributed by atoms with van der Waals surface area (Å²) in [6.45, 7) is 26.1. The first kappa shape index (κ1) is 72.8. The number of fused-ring (bicyclic) bond motifs is 8. The fourth-order valence-electron chi connectivity index (χ4n) is 14.2. The molecule has 3 N–H and O–H groups in total. The van der Waals surface area contributed by atoms with Gasteiger partial charge in [0.2, 0.25) is 0 Å². The number of rotatable bonds is 10. The van der Waals surface area contributed by atoms with Gasteiger partial charge in [0.25, 0.3) is 0 Å². The molecule has 7 aliphatic rings.